The summed E-state index contributed by atoms with van der Waals surface area (Å²) in [5, 5.41) is 7.40. The van der Waals surface area contributed by atoms with Gasteiger partial charge in [-0.2, -0.15) is 0 Å². The average Bonchev–Trinajstić information content (AvgIpc) is 2.81. The summed E-state index contributed by atoms with van der Waals surface area (Å²) in [6.07, 6.45) is 1.79. The van der Waals surface area contributed by atoms with E-state index in [2.05, 4.69) is 22.2 Å². The van der Waals surface area contributed by atoms with Crippen LogP contribution in [0.15, 0.2) is 52.4 Å². The second-order valence-electron chi connectivity index (χ2n) is 3.85. The lowest BCUT2D eigenvalue weighted by Gasteiger charge is -2.08. The van der Waals surface area contributed by atoms with Gasteiger partial charge in [-0.1, -0.05) is 24.3 Å². The van der Waals surface area contributed by atoms with E-state index in [0.29, 0.717) is 13.1 Å². The fourth-order valence-electron chi connectivity index (χ4n) is 1.68. The van der Waals surface area contributed by atoms with Gasteiger partial charge in [0.25, 0.3) is 0 Å². The monoisotopic (exact) mass is 243 g/mol. The summed E-state index contributed by atoms with van der Waals surface area (Å²) < 4.78 is 5.70. The van der Waals surface area contributed by atoms with E-state index in [1.165, 1.54) is 0 Å². The lowest BCUT2D eigenvalue weighted by atomic mass is 10.2. The summed E-state index contributed by atoms with van der Waals surface area (Å²) in [5.41, 5.74) is 0.906. The zero-order valence-electron chi connectivity index (χ0n) is 10.4. The van der Waals surface area contributed by atoms with E-state index in [-0.39, 0.29) is 0 Å². The molecule has 0 aliphatic rings. The molecule has 4 nitrogen and oxygen atoms in total. The van der Waals surface area contributed by atoms with Gasteiger partial charge in [-0.05, 0) is 12.1 Å². The molecule has 0 atom stereocenters. The molecule has 0 saturated carbocycles. The van der Waals surface area contributed by atoms with Crippen molar-refractivity contribution in [2.75, 3.05) is 13.6 Å². The van der Waals surface area contributed by atoms with Crippen LogP contribution in [0.4, 0.5) is 0 Å². The van der Waals surface area contributed by atoms with Crippen molar-refractivity contribution in [1.29, 1.82) is 0 Å². The van der Waals surface area contributed by atoms with E-state index in [1.54, 1.807) is 13.1 Å². The van der Waals surface area contributed by atoms with Crippen LogP contribution in [0, 0.1) is 0 Å². The summed E-state index contributed by atoms with van der Waals surface area (Å²) in [5.74, 6) is 1.62. The second kappa shape index (κ2) is 5.91. The predicted octanol–water partition coefficient (Wildman–Crippen LogP) is 2.28. The molecule has 0 spiro atoms. The summed E-state index contributed by atoms with van der Waals surface area (Å²) >= 11 is 0. The van der Waals surface area contributed by atoms with Crippen molar-refractivity contribution in [3.8, 4) is 0 Å². The van der Waals surface area contributed by atoms with Gasteiger partial charge in [-0.3, -0.25) is 4.99 Å². The van der Waals surface area contributed by atoms with Gasteiger partial charge in [-0.15, -0.1) is 6.58 Å². The van der Waals surface area contributed by atoms with Crippen LogP contribution < -0.4 is 10.6 Å². The van der Waals surface area contributed by atoms with Crippen LogP contribution in [0.3, 0.4) is 0 Å². The molecule has 2 rings (SSSR count). The third kappa shape index (κ3) is 2.91. The summed E-state index contributed by atoms with van der Waals surface area (Å²) in [4.78, 5) is 4.10. The van der Waals surface area contributed by atoms with Crippen LogP contribution in [-0.4, -0.2) is 19.6 Å². The highest BCUT2D eigenvalue weighted by molar-refractivity contribution is 5.80. The Labute approximate surface area is 106 Å². The zero-order valence-corrected chi connectivity index (χ0v) is 10.4. The third-order valence-corrected chi connectivity index (χ3v) is 2.54. The normalized spacial score (nSPS) is 11.5. The number of furan rings is 1. The minimum Gasteiger partial charge on any atom is -0.459 e. The SMILES string of the molecule is C=CCNC(=NC)NCc1cc2ccccc2o1. The highest BCUT2D eigenvalue weighted by atomic mass is 16.3. The van der Waals surface area contributed by atoms with Crippen LogP contribution >= 0.6 is 0 Å². The Kier molecular flexibility index (Phi) is 4.02. The van der Waals surface area contributed by atoms with Gasteiger partial charge in [-0.25, -0.2) is 0 Å². The molecule has 1 aromatic carbocycles. The molecule has 0 fully saturated rings. The van der Waals surface area contributed by atoms with Crippen molar-refractivity contribution in [2.45, 2.75) is 6.54 Å². The maximum Gasteiger partial charge on any atom is 0.191 e. The number of hydrogen-bond donors (Lipinski definition) is 2. The fourth-order valence-corrected chi connectivity index (χ4v) is 1.68. The number of nitrogens with zero attached hydrogens (tertiary/aromatic N) is 1. The number of fused-ring (bicyclic) bond motifs is 1. The first kappa shape index (κ1) is 12.2. The van der Waals surface area contributed by atoms with Gasteiger partial charge in [0.2, 0.25) is 0 Å². The van der Waals surface area contributed by atoms with Gasteiger partial charge >= 0.3 is 0 Å². The fraction of sp³-hybridized carbons (Fsp3) is 0.214. The Morgan fingerprint density at radius 2 is 2.22 bits per heavy atom. The molecule has 1 heterocycles. The first-order valence-electron chi connectivity index (χ1n) is 5.86. The molecule has 18 heavy (non-hydrogen) atoms. The number of aliphatic imine (C=N–C) groups is 1. The van der Waals surface area contributed by atoms with Gasteiger partial charge in [0, 0.05) is 19.0 Å². The number of nitrogens with one attached hydrogen (secondary N) is 2. The lowest BCUT2D eigenvalue weighted by Crippen LogP contribution is -2.36. The maximum absolute atomic E-state index is 5.70. The summed E-state index contributed by atoms with van der Waals surface area (Å²) in [6.45, 7) is 4.93. The van der Waals surface area contributed by atoms with E-state index < -0.39 is 0 Å². The van der Waals surface area contributed by atoms with Crippen molar-refractivity contribution in [3.63, 3.8) is 0 Å². The molecule has 4 heteroatoms. The van der Waals surface area contributed by atoms with Crippen LogP contribution in [0.1, 0.15) is 5.76 Å². The zero-order chi connectivity index (χ0) is 12.8. The van der Waals surface area contributed by atoms with E-state index in [9.17, 15) is 0 Å². The number of guanidine groups is 1. The van der Waals surface area contributed by atoms with Crippen LogP contribution in [-0.2, 0) is 6.54 Å². The maximum atomic E-state index is 5.70. The minimum absolute atomic E-state index is 0.603. The Bertz CT molecular complexity index is 524. The van der Waals surface area contributed by atoms with Gasteiger partial charge < -0.3 is 15.1 Å². The van der Waals surface area contributed by atoms with Crippen LogP contribution in [0.2, 0.25) is 0 Å². The summed E-state index contributed by atoms with van der Waals surface area (Å²) in [7, 11) is 1.73. The third-order valence-electron chi connectivity index (χ3n) is 2.54. The number of para-hydroxylation sites is 1. The first-order valence-corrected chi connectivity index (χ1v) is 5.86. The molecule has 2 aromatic rings. The quantitative estimate of drug-likeness (QED) is 0.492. The standard InChI is InChI=1S/C14H17N3O/c1-3-8-16-14(15-2)17-10-12-9-11-6-4-5-7-13(11)18-12/h3-7,9H,1,8,10H2,2H3,(H2,15,16,17). The molecule has 0 radical (unpaired) electrons. The Morgan fingerprint density at radius 1 is 1.39 bits per heavy atom. The number of rotatable bonds is 4. The molecule has 2 N–H and O–H groups in total. The molecule has 0 aliphatic heterocycles. The summed E-state index contributed by atoms with van der Waals surface area (Å²) in [6, 6.07) is 9.99. The Morgan fingerprint density at radius 3 is 2.94 bits per heavy atom. The van der Waals surface area contributed by atoms with E-state index in [1.807, 2.05) is 30.3 Å². The van der Waals surface area contributed by atoms with Gasteiger partial charge in [0.05, 0.1) is 6.54 Å². The molecular formula is C14H17N3O. The van der Waals surface area contributed by atoms with E-state index in [4.69, 9.17) is 4.42 Å². The van der Waals surface area contributed by atoms with E-state index >= 15 is 0 Å². The topological polar surface area (TPSA) is 49.6 Å². The largest absolute Gasteiger partial charge is 0.459 e. The number of hydrogen-bond acceptors (Lipinski definition) is 2. The highest BCUT2D eigenvalue weighted by Gasteiger charge is 2.03. The Hall–Kier alpha value is -2.23. The predicted molar refractivity (Wildman–Crippen MR) is 74.6 cm³/mol. The highest BCUT2D eigenvalue weighted by Crippen LogP contribution is 2.18. The first-order chi connectivity index (χ1) is 8.83. The molecule has 0 aliphatic carbocycles. The molecule has 0 unspecified atom stereocenters. The van der Waals surface area contributed by atoms with Crippen molar-refractivity contribution >= 4 is 16.9 Å². The molecule has 0 amide bonds. The van der Waals surface area contributed by atoms with Gasteiger partial charge in [0.15, 0.2) is 5.96 Å². The van der Waals surface area contributed by atoms with Crippen LogP contribution in [0.5, 0.6) is 0 Å². The van der Waals surface area contributed by atoms with Crippen LogP contribution in [0.25, 0.3) is 11.0 Å². The van der Waals surface area contributed by atoms with Crippen molar-refractivity contribution in [1.82, 2.24) is 10.6 Å². The lowest BCUT2D eigenvalue weighted by molar-refractivity contribution is 0.539. The molecule has 94 valence electrons. The molecule has 1 aromatic heterocycles. The van der Waals surface area contributed by atoms with E-state index in [0.717, 1.165) is 22.7 Å². The smallest absolute Gasteiger partial charge is 0.191 e. The van der Waals surface area contributed by atoms with Crippen molar-refractivity contribution in [2.24, 2.45) is 4.99 Å². The second-order valence-corrected chi connectivity index (χ2v) is 3.85. The molecule has 0 saturated heterocycles. The Balaban J connectivity index is 1.98. The van der Waals surface area contributed by atoms with Crippen molar-refractivity contribution < 1.29 is 4.42 Å². The minimum atomic E-state index is 0.603. The molecular weight excluding hydrogens is 226 g/mol. The molecule has 0 bridgehead atoms. The average molecular weight is 243 g/mol. The van der Waals surface area contributed by atoms with Gasteiger partial charge in [0.1, 0.15) is 11.3 Å². The van der Waals surface area contributed by atoms with Crippen molar-refractivity contribution in [3.05, 3.63) is 48.7 Å². The number of benzene rings is 1.